The molecule has 0 rings (SSSR count). The number of thiol groups is 1. The zero-order chi connectivity index (χ0) is 8.53. The van der Waals surface area contributed by atoms with Crippen LogP contribution in [0, 0.1) is 0 Å². The summed E-state index contributed by atoms with van der Waals surface area (Å²) in [4.78, 5) is 0. The Morgan fingerprint density at radius 3 is 2.45 bits per heavy atom. The van der Waals surface area contributed by atoms with Gasteiger partial charge in [-0.1, -0.05) is 0 Å². The molecule has 0 saturated carbocycles. The molecule has 0 aliphatic rings. The number of hydrogen-bond donors (Lipinski definition) is 1. The molecule has 0 saturated heterocycles. The van der Waals surface area contributed by atoms with Crippen LogP contribution in [0.25, 0.3) is 0 Å². The summed E-state index contributed by atoms with van der Waals surface area (Å²) >= 11 is 4.07. The Hall–Kier alpha value is 0.270. The summed E-state index contributed by atoms with van der Waals surface area (Å²) in [7, 11) is 0. The van der Waals surface area contributed by atoms with Crippen LogP contribution in [0.5, 0.6) is 0 Å². The van der Waals surface area contributed by atoms with Gasteiger partial charge < -0.3 is 9.47 Å². The molecule has 11 heavy (non-hydrogen) atoms. The van der Waals surface area contributed by atoms with Crippen LogP contribution in [0.3, 0.4) is 0 Å². The average Bonchev–Trinajstić information content (AvgIpc) is 1.96. The van der Waals surface area contributed by atoms with Gasteiger partial charge in [-0.2, -0.15) is 12.6 Å². The first-order valence-corrected chi connectivity index (χ1v) is 4.71. The van der Waals surface area contributed by atoms with Crippen molar-refractivity contribution in [2.75, 3.05) is 25.6 Å². The molecule has 0 spiro atoms. The second-order valence-corrected chi connectivity index (χ2v) is 3.06. The number of ether oxygens (including phenoxy) is 2. The Bertz CT molecular complexity index is 76.5. The van der Waals surface area contributed by atoms with E-state index < -0.39 is 0 Å². The third-order valence-electron chi connectivity index (χ3n) is 1.13. The second kappa shape index (κ2) is 8.37. The van der Waals surface area contributed by atoms with Gasteiger partial charge in [-0.15, -0.1) is 0 Å². The molecule has 68 valence electrons. The Morgan fingerprint density at radius 1 is 1.18 bits per heavy atom. The quantitative estimate of drug-likeness (QED) is 0.473. The van der Waals surface area contributed by atoms with Gasteiger partial charge in [0.2, 0.25) is 0 Å². The lowest BCUT2D eigenvalue weighted by Crippen LogP contribution is -2.10. The van der Waals surface area contributed by atoms with Crippen LogP contribution in [-0.4, -0.2) is 31.7 Å². The third-order valence-corrected chi connectivity index (χ3v) is 1.44. The van der Waals surface area contributed by atoms with Gasteiger partial charge >= 0.3 is 0 Å². The van der Waals surface area contributed by atoms with E-state index in [4.69, 9.17) is 9.47 Å². The van der Waals surface area contributed by atoms with Crippen molar-refractivity contribution in [3.63, 3.8) is 0 Å². The fourth-order valence-corrected chi connectivity index (χ4v) is 0.741. The minimum atomic E-state index is 0.309. The zero-order valence-electron chi connectivity index (χ0n) is 7.38. The average molecular weight is 178 g/mol. The maximum atomic E-state index is 5.28. The Labute approximate surface area is 74.7 Å². The molecule has 0 aliphatic carbocycles. The zero-order valence-corrected chi connectivity index (χ0v) is 8.27. The van der Waals surface area contributed by atoms with Crippen LogP contribution >= 0.6 is 12.6 Å². The van der Waals surface area contributed by atoms with Crippen LogP contribution in [0.4, 0.5) is 0 Å². The van der Waals surface area contributed by atoms with Crippen molar-refractivity contribution in [3.05, 3.63) is 0 Å². The molecular formula is C8H18O2S. The minimum Gasteiger partial charge on any atom is -0.379 e. The summed E-state index contributed by atoms with van der Waals surface area (Å²) in [5, 5.41) is 0. The normalized spacial score (nSPS) is 10.9. The van der Waals surface area contributed by atoms with E-state index in [1.54, 1.807) is 0 Å². The monoisotopic (exact) mass is 178 g/mol. The summed E-state index contributed by atoms with van der Waals surface area (Å²) in [5.74, 6) is 0.894. The minimum absolute atomic E-state index is 0.309. The third kappa shape index (κ3) is 10.3. The van der Waals surface area contributed by atoms with Crippen LogP contribution in [-0.2, 0) is 9.47 Å². The van der Waals surface area contributed by atoms with Crippen molar-refractivity contribution in [2.24, 2.45) is 0 Å². The highest BCUT2D eigenvalue weighted by Gasteiger charge is 1.92. The molecule has 0 aromatic rings. The molecule has 0 aromatic carbocycles. The van der Waals surface area contributed by atoms with Crippen molar-refractivity contribution in [1.82, 2.24) is 0 Å². The van der Waals surface area contributed by atoms with Gasteiger partial charge in [0.1, 0.15) is 0 Å². The van der Waals surface area contributed by atoms with Crippen LogP contribution in [0.15, 0.2) is 0 Å². The lowest BCUT2D eigenvalue weighted by Gasteiger charge is -2.07. The fourth-order valence-electron chi connectivity index (χ4n) is 0.611. The maximum Gasteiger partial charge on any atom is 0.0703 e. The van der Waals surface area contributed by atoms with E-state index in [2.05, 4.69) is 12.6 Å². The van der Waals surface area contributed by atoms with Crippen LogP contribution < -0.4 is 0 Å². The highest BCUT2D eigenvalue weighted by atomic mass is 32.1. The molecule has 0 radical (unpaired) electrons. The molecule has 0 aliphatic heterocycles. The first kappa shape index (κ1) is 11.3. The molecule has 0 amide bonds. The first-order valence-electron chi connectivity index (χ1n) is 4.07. The van der Waals surface area contributed by atoms with Gasteiger partial charge in [0.25, 0.3) is 0 Å². The Balaban J connectivity index is 2.80. The molecule has 0 N–H and O–H groups in total. The van der Waals surface area contributed by atoms with Crippen LogP contribution in [0.1, 0.15) is 20.3 Å². The molecule has 0 heterocycles. The van der Waals surface area contributed by atoms with E-state index in [-0.39, 0.29) is 0 Å². The molecule has 0 atom stereocenters. The fraction of sp³-hybridized carbons (Fsp3) is 1.00. The van der Waals surface area contributed by atoms with Crippen molar-refractivity contribution in [2.45, 2.75) is 26.4 Å². The molecular weight excluding hydrogens is 160 g/mol. The van der Waals surface area contributed by atoms with E-state index in [1.807, 2.05) is 13.8 Å². The summed E-state index contributed by atoms with van der Waals surface area (Å²) < 4.78 is 10.5. The summed E-state index contributed by atoms with van der Waals surface area (Å²) in [6, 6.07) is 0. The van der Waals surface area contributed by atoms with Gasteiger partial charge in [0.15, 0.2) is 0 Å². The van der Waals surface area contributed by atoms with E-state index >= 15 is 0 Å². The molecule has 0 bridgehead atoms. The van der Waals surface area contributed by atoms with Crippen molar-refractivity contribution < 1.29 is 9.47 Å². The summed E-state index contributed by atoms with van der Waals surface area (Å²) in [5.41, 5.74) is 0. The van der Waals surface area contributed by atoms with Gasteiger partial charge in [0.05, 0.1) is 19.3 Å². The lowest BCUT2D eigenvalue weighted by atomic mass is 10.5. The molecule has 0 unspecified atom stereocenters. The smallest absolute Gasteiger partial charge is 0.0703 e. The summed E-state index contributed by atoms with van der Waals surface area (Å²) in [6.07, 6.45) is 1.33. The standard InChI is InChI=1S/C8H18O2S/c1-8(2)10-6-5-9-4-3-7-11/h8,11H,3-7H2,1-2H3. The highest BCUT2D eigenvalue weighted by molar-refractivity contribution is 7.80. The van der Waals surface area contributed by atoms with Crippen molar-refractivity contribution >= 4 is 12.6 Å². The highest BCUT2D eigenvalue weighted by Crippen LogP contribution is 1.89. The number of hydrogen-bond acceptors (Lipinski definition) is 3. The summed E-state index contributed by atoms with van der Waals surface area (Å²) in [6.45, 7) is 6.24. The van der Waals surface area contributed by atoms with E-state index in [0.29, 0.717) is 19.3 Å². The lowest BCUT2D eigenvalue weighted by molar-refractivity contribution is 0.0199. The largest absolute Gasteiger partial charge is 0.379 e. The second-order valence-electron chi connectivity index (χ2n) is 2.61. The van der Waals surface area contributed by atoms with Crippen molar-refractivity contribution in [3.8, 4) is 0 Å². The molecule has 2 nitrogen and oxygen atoms in total. The Morgan fingerprint density at radius 2 is 1.91 bits per heavy atom. The van der Waals surface area contributed by atoms with Gasteiger partial charge in [0, 0.05) is 6.61 Å². The van der Waals surface area contributed by atoms with E-state index in [9.17, 15) is 0 Å². The van der Waals surface area contributed by atoms with Crippen molar-refractivity contribution in [1.29, 1.82) is 0 Å². The maximum absolute atomic E-state index is 5.28. The predicted octanol–water partition coefficient (Wildman–Crippen LogP) is 1.75. The van der Waals surface area contributed by atoms with Gasteiger partial charge in [-0.05, 0) is 26.0 Å². The first-order chi connectivity index (χ1) is 5.27. The Kier molecular flexibility index (Phi) is 8.57. The predicted molar refractivity (Wildman–Crippen MR) is 50.4 cm³/mol. The van der Waals surface area contributed by atoms with Gasteiger partial charge in [-0.3, -0.25) is 0 Å². The SMILES string of the molecule is CC(C)OCCOCCCS. The van der Waals surface area contributed by atoms with Crippen LogP contribution in [0.2, 0.25) is 0 Å². The van der Waals surface area contributed by atoms with E-state index in [0.717, 1.165) is 18.8 Å². The molecule has 0 fully saturated rings. The van der Waals surface area contributed by atoms with Gasteiger partial charge in [-0.25, -0.2) is 0 Å². The topological polar surface area (TPSA) is 18.5 Å². The number of rotatable bonds is 7. The molecule has 0 aromatic heterocycles. The van der Waals surface area contributed by atoms with E-state index in [1.165, 1.54) is 0 Å². The molecule has 3 heteroatoms.